The quantitative estimate of drug-likeness (QED) is 0.256. The van der Waals surface area contributed by atoms with Crippen LogP contribution in [0, 0.1) is 11.6 Å². The number of anilines is 1. The predicted octanol–water partition coefficient (Wildman–Crippen LogP) is 4.79. The summed E-state index contributed by atoms with van der Waals surface area (Å²) in [5.74, 6) is -2.53. The molecular weight excluding hydrogens is 542 g/mol. The Morgan fingerprint density at radius 1 is 1.02 bits per heavy atom. The van der Waals surface area contributed by atoms with Gasteiger partial charge in [-0.3, -0.25) is 9.69 Å². The van der Waals surface area contributed by atoms with Gasteiger partial charge in [0.05, 0.1) is 11.2 Å². The molecule has 8 nitrogen and oxygen atoms in total. The van der Waals surface area contributed by atoms with Crippen molar-refractivity contribution >= 4 is 39.9 Å². The fraction of sp³-hybridized carbons (Fsp3) is 0.207. The molecular formula is C29H25ClF2N4O4. The fourth-order valence-corrected chi connectivity index (χ4v) is 4.95. The number of carboxylic acid groups (broad SMARTS) is 1. The lowest BCUT2D eigenvalue weighted by Gasteiger charge is -2.36. The Balaban J connectivity index is 1.44. The highest BCUT2D eigenvalue weighted by atomic mass is 35.5. The van der Waals surface area contributed by atoms with Gasteiger partial charge >= 0.3 is 5.97 Å². The van der Waals surface area contributed by atoms with E-state index >= 15 is 4.39 Å². The molecule has 1 N–H and O–H groups in total. The van der Waals surface area contributed by atoms with Gasteiger partial charge in [-0.05, 0) is 48.5 Å². The molecule has 1 saturated heterocycles. The second-order valence-electron chi connectivity index (χ2n) is 9.33. The van der Waals surface area contributed by atoms with E-state index in [2.05, 4.69) is 10.1 Å². The topological polar surface area (TPSA) is 87.4 Å². The minimum Gasteiger partial charge on any atom is -0.477 e. The summed E-state index contributed by atoms with van der Waals surface area (Å²) in [6.07, 6.45) is 1.19. The van der Waals surface area contributed by atoms with Gasteiger partial charge in [0.2, 0.25) is 5.43 Å². The minimum atomic E-state index is -1.43. The number of aromatic nitrogens is 1. The minimum absolute atomic E-state index is 0.0764. The lowest BCUT2D eigenvalue weighted by atomic mass is 10.1. The smallest absolute Gasteiger partial charge is 0.341 e. The van der Waals surface area contributed by atoms with Gasteiger partial charge < -0.3 is 19.4 Å². The third kappa shape index (κ3) is 5.54. The Kier molecular flexibility index (Phi) is 7.81. The molecule has 1 fully saturated rings. The van der Waals surface area contributed by atoms with Gasteiger partial charge in [0.25, 0.3) is 0 Å². The molecule has 5 rings (SSSR count). The Morgan fingerprint density at radius 2 is 1.70 bits per heavy atom. The summed E-state index contributed by atoms with van der Waals surface area (Å²) in [5, 5.41) is 14.3. The van der Waals surface area contributed by atoms with Crippen LogP contribution in [0.15, 0.2) is 76.8 Å². The van der Waals surface area contributed by atoms with E-state index < -0.39 is 28.6 Å². The SMILES string of the molecule is CON=C(CN1CCN(c2cc3c(cc2F)c(=O)c(C(=O)O)cn3-c2ccc(F)cc2)CC1)c1ccc(Cl)cc1. The highest BCUT2D eigenvalue weighted by Gasteiger charge is 2.24. The number of nitrogens with zero attached hydrogens (tertiary/aromatic N) is 4. The Labute approximate surface area is 233 Å². The van der Waals surface area contributed by atoms with Crippen molar-refractivity contribution in [3.63, 3.8) is 0 Å². The van der Waals surface area contributed by atoms with Crippen LogP contribution in [0.1, 0.15) is 15.9 Å². The summed E-state index contributed by atoms with van der Waals surface area (Å²) in [5.41, 5.74) is 1.36. The molecule has 0 saturated carbocycles. The lowest BCUT2D eigenvalue weighted by molar-refractivity contribution is 0.0695. The largest absolute Gasteiger partial charge is 0.477 e. The molecule has 0 atom stereocenters. The number of rotatable bonds is 7. The molecule has 0 amide bonds. The molecule has 2 heterocycles. The zero-order valence-electron chi connectivity index (χ0n) is 21.5. The Morgan fingerprint density at radius 3 is 2.33 bits per heavy atom. The van der Waals surface area contributed by atoms with E-state index in [0.29, 0.717) is 49.0 Å². The van der Waals surface area contributed by atoms with E-state index in [9.17, 15) is 19.1 Å². The fourth-order valence-electron chi connectivity index (χ4n) is 4.83. The van der Waals surface area contributed by atoms with Crippen molar-refractivity contribution in [3.05, 3.63) is 105 Å². The van der Waals surface area contributed by atoms with E-state index in [1.165, 1.54) is 42.1 Å². The number of piperazine rings is 1. The third-order valence-corrected chi connectivity index (χ3v) is 7.12. The number of aromatic carboxylic acids is 1. The van der Waals surface area contributed by atoms with Crippen LogP contribution >= 0.6 is 11.6 Å². The lowest BCUT2D eigenvalue weighted by Crippen LogP contribution is -2.48. The standard InChI is InChI=1S/C29H25ClF2N4O4/c1-40-33-25(18-2-4-19(30)5-3-18)17-34-10-12-35(13-11-34)27-15-26-22(14-24(27)32)28(37)23(29(38)39)16-36(26)21-8-6-20(31)7-9-21/h2-9,14-16H,10-13,17H2,1H3,(H,38,39). The number of fused-ring (bicyclic) bond motifs is 1. The van der Waals surface area contributed by atoms with Gasteiger partial charge in [-0.2, -0.15) is 0 Å². The maximum absolute atomic E-state index is 15.4. The third-order valence-electron chi connectivity index (χ3n) is 6.87. The average Bonchev–Trinajstić information content (AvgIpc) is 2.94. The van der Waals surface area contributed by atoms with Crippen LogP contribution in [0.2, 0.25) is 5.02 Å². The maximum atomic E-state index is 15.4. The van der Waals surface area contributed by atoms with E-state index in [1.807, 2.05) is 17.0 Å². The van der Waals surface area contributed by atoms with Gasteiger partial charge in [0.1, 0.15) is 30.0 Å². The van der Waals surface area contributed by atoms with Crippen LogP contribution in [0.5, 0.6) is 0 Å². The highest BCUT2D eigenvalue weighted by molar-refractivity contribution is 6.30. The molecule has 11 heteroatoms. The molecule has 3 aromatic carbocycles. The number of carboxylic acids is 1. The van der Waals surface area contributed by atoms with E-state index in [0.717, 1.165) is 17.3 Å². The summed E-state index contributed by atoms with van der Waals surface area (Å²) in [6.45, 7) is 2.73. The van der Waals surface area contributed by atoms with Crippen molar-refractivity contribution < 1.29 is 23.5 Å². The Hall–Kier alpha value is -4.28. The summed E-state index contributed by atoms with van der Waals surface area (Å²) in [7, 11) is 1.49. The molecule has 4 aromatic rings. The van der Waals surface area contributed by atoms with Crippen LogP contribution in [0.25, 0.3) is 16.6 Å². The van der Waals surface area contributed by atoms with Gasteiger partial charge in [-0.25, -0.2) is 13.6 Å². The summed E-state index contributed by atoms with van der Waals surface area (Å²) >= 11 is 6.01. The first-order valence-corrected chi connectivity index (χ1v) is 12.8. The molecule has 206 valence electrons. The normalized spacial score (nSPS) is 14.5. The van der Waals surface area contributed by atoms with Crippen molar-refractivity contribution in [2.45, 2.75) is 0 Å². The van der Waals surface area contributed by atoms with Crippen molar-refractivity contribution in [2.75, 3.05) is 44.7 Å². The monoisotopic (exact) mass is 566 g/mol. The van der Waals surface area contributed by atoms with Crippen molar-refractivity contribution in [3.8, 4) is 5.69 Å². The Bertz CT molecular complexity index is 1650. The van der Waals surface area contributed by atoms with Gasteiger partial charge in [-0.15, -0.1) is 0 Å². The predicted molar refractivity (Wildman–Crippen MR) is 150 cm³/mol. The molecule has 1 aliphatic heterocycles. The number of benzene rings is 3. The zero-order valence-corrected chi connectivity index (χ0v) is 22.2. The van der Waals surface area contributed by atoms with E-state index in [1.54, 1.807) is 18.2 Å². The second-order valence-corrected chi connectivity index (χ2v) is 9.77. The molecule has 0 radical (unpaired) electrons. The van der Waals surface area contributed by atoms with Crippen molar-refractivity contribution in [2.24, 2.45) is 5.16 Å². The number of pyridine rings is 1. The number of halogens is 3. The number of carbonyl (C=O) groups is 1. The molecule has 0 unspecified atom stereocenters. The van der Waals surface area contributed by atoms with Gasteiger partial charge in [-0.1, -0.05) is 28.9 Å². The number of oxime groups is 1. The number of hydrogen-bond acceptors (Lipinski definition) is 6. The van der Waals surface area contributed by atoms with Crippen LogP contribution in [0.3, 0.4) is 0 Å². The van der Waals surface area contributed by atoms with E-state index in [4.69, 9.17) is 16.4 Å². The van der Waals surface area contributed by atoms with Crippen LogP contribution in [-0.4, -0.2) is 66.1 Å². The van der Waals surface area contributed by atoms with Crippen LogP contribution in [-0.2, 0) is 4.84 Å². The summed E-state index contributed by atoms with van der Waals surface area (Å²) < 4.78 is 30.5. The molecule has 0 aliphatic carbocycles. The summed E-state index contributed by atoms with van der Waals surface area (Å²) in [4.78, 5) is 33.8. The van der Waals surface area contributed by atoms with Crippen LogP contribution < -0.4 is 10.3 Å². The average molecular weight is 567 g/mol. The molecule has 1 aromatic heterocycles. The molecule has 0 spiro atoms. The first kappa shape index (κ1) is 27.3. The van der Waals surface area contributed by atoms with E-state index in [-0.39, 0.29) is 11.1 Å². The van der Waals surface area contributed by atoms with Gasteiger partial charge in [0.15, 0.2) is 0 Å². The molecule has 1 aliphatic rings. The first-order chi connectivity index (χ1) is 19.2. The first-order valence-electron chi connectivity index (χ1n) is 12.5. The maximum Gasteiger partial charge on any atom is 0.341 e. The zero-order chi connectivity index (χ0) is 28.4. The second kappa shape index (κ2) is 11.4. The van der Waals surface area contributed by atoms with Crippen molar-refractivity contribution in [1.82, 2.24) is 9.47 Å². The number of hydrogen-bond donors (Lipinski definition) is 1. The molecule has 0 bridgehead atoms. The van der Waals surface area contributed by atoms with Crippen molar-refractivity contribution in [1.29, 1.82) is 0 Å². The summed E-state index contributed by atoms with van der Waals surface area (Å²) in [6, 6.07) is 15.3. The molecule has 40 heavy (non-hydrogen) atoms. The van der Waals surface area contributed by atoms with Gasteiger partial charge in [0, 0.05) is 60.6 Å². The van der Waals surface area contributed by atoms with Crippen LogP contribution in [0.4, 0.5) is 14.5 Å². The highest BCUT2D eigenvalue weighted by Crippen LogP contribution is 2.28.